The monoisotopic (exact) mass is 238 g/mol. The van der Waals surface area contributed by atoms with E-state index in [0.29, 0.717) is 12.5 Å². The molecular formula is C12H22N4O. The maximum absolute atomic E-state index is 12.0. The quantitative estimate of drug-likeness (QED) is 0.765. The summed E-state index contributed by atoms with van der Waals surface area (Å²) in [6, 6.07) is 0. The largest absolute Gasteiger partial charge is 0.345 e. The van der Waals surface area contributed by atoms with Crippen LogP contribution in [0.3, 0.4) is 0 Å². The average Bonchev–Trinajstić information content (AvgIpc) is 2.63. The van der Waals surface area contributed by atoms with Crippen molar-refractivity contribution in [1.29, 1.82) is 0 Å². The Morgan fingerprint density at radius 2 is 2.24 bits per heavy atom. The minimum absolute atomic E-state index is 0.0612. The number of rotatable bonds is 5. The maximum atomic E-state index is 12.0. The molecule has 0 saturated heterocycles. The van der Waals surface area contributed by atoms with Crippen LogP contribution in [0.4, 0.5) is 0 Å². The van der Waals surface area contributed by atoms with Gasteiger partial charge in [0.1, 0.15) is 5.82 Å². The number of hydrogen-bond acceptors (Lipinski definition) is 3. The number of fused-ring (bicyclic) bond motifs is 1. The van der Waals surface area contributed by atoms with Gasteiger partial charge in [0, 0.05) is 19.5 Å². The fourth-order valence-electron chi connectivity index (χ4n) is 2.17. The highest BCUT2D eigenvalue weighted by Crippen LogP contribution is 2.08. The molecule has 0 amide bonds. The first-order valence-corrected chi connectivity index (χ1v) is 6.55. The van der Waals surface area contributed by atoms with E-state index in [1.807, 2.05) is 4.57 Å². The third-order valence-corrected chi connectivity index (χ3v) is 3.08. The molecule has 1 aromatic rings. The van der Waals surface area contributed by atoms with Crippen LogP contribution in [-0.4, -0.2) is 27.4 Å². The van der Waals surface area contributed by atoms with E-state index in [4.69, 9.17) is 0 Å². The molecule has 0 aliphatic carbocycles. The van der Waals surface area contributed by atoms with Crippen molar-refractivity contribution in [2.45, 2.75) is 46.2 Å². The summed E-state index contributed by atoms with van der Waals surface area (Å²) in [4.78, 5) is 12.0. The Morgan fingerprint density at radius 1 is 1.41 bits per heavy atom. The molecular weight excluding hydrogens is 216 g/mol. The van der Waals surface area contributed by atoms with Gasteiger partial charge in [-0.25, -0.2) is 9.48 Å². The molecule has 0 aromatic carbocycles. The van der Waals surface area contributed by atoms with Gasteiger partial charge in [-0.2, -0.15) is 5.10 Å². The molecule has 0 fully saturated rings. The van der Waals surface area contributed by atoms with Crippen molar-refractivity contribution in [2.75, 3.05) is 13.1 Å². The zero-order valence-corrected chi connectivity index (χ0v) is 10.8. The van der Waals surface area contributed by atoms with Gasteiger partial charge < -0.3 is 5.32 Å². The Hall–Kier alpha value is -1.10. The molecule has 0 radical (unpaired) electrons. The molecule has 0 spiro atoms. The van der Waals surface area contributed by atoms with Crippen molar-refractivity contribution in [3.63, 3.8) is 0 Å². The van der Waals surface area contributed by atoms with Gasteiger partial charge in [-0.15, -0.1) is 0 Å². The summed E-state index contributed by atoms with van der Waals surface area (Å²) in [5.41, 5.74) is 0.0612. The smallest absolute Gasteiger partial charge is 0.315 e. The summed E-state index contributed by atoms with van der Waals surface area (Å²) < 4.78 is 3.43. The normalized spacial score (nSPS) is 15.2. The first kappa shape index (κ1) is 12.4. The van der Waals surface area contributed by atoms with E-state index in [0.717, 1.165) is 44.7 Å². The molecule has 0 unspecified atom stereocenters. The zero-order valence-electron chi connectivity index (χ0n) is 10.8. The predicted octanol–water partition coefficient (Wildman–Crippen LogP) is 0.627. The molecule has 2 rings (SSSR count). The van der Waals surface area contributed by atoms with Crippen LogP contribution in [0.25, 0.3) is 0 Å². The predicted molar refractivity (Wildman–Crippen MR) is 67.1 cm³/mol. The van der Waals surface area contributed by atoms with E-state index < -0.39 is 0 Å². The van der Waals surface area contributed by atoms with Crippen LogP contribution in [0.15, 0.2) is 4.79 Å². The lowest BCUT2D eigenvalue weighted by molar-refractivity contribution is 0.493. The fourth-order valence-corrected chi connectivity index (χ4v) is 2.17. The topological polar surface area (TPSA) is 51.9 Å². The summed E-state index contributed by atoms with van der Waals surface area (Å²) >= 11 is 0. The van der Waals surface area contributed by atoms with Gasteiger partial charge in [-0.3, -0.25) is 4.57 Å². The lowest BCUT2D eigenvalue weighted by atomic mass is 10.2. The first-order chi connectivity index (χ1) is 8.18. The standard InChI is InChI=1S/C12H22N4O/c1-10(2)9-13-6-8-16-12(17)15-7-4-3-5-11(15)14-16/h10,13H,3-9H2,1-2H3. The van der Waals surface area contributed by atoms with Crippen molar-refractivity contribution in [1.82, 2.24) is 19.7 Å². The minimum atomic E-state index is 0.0612. The fraction of sp³-hybridized carbons (Fsp3) is 0.833. The molecule has 1 aliphatic heterocycles. The van der Waals surface area contributed by atoms with Gasteiger partial charge in [0.2, 0.25) is 0 Å². The van der Waals surface area contributed by atoms with Gasteiger partial charge in [-0.05, 0) is 25.3 Å². The Kier molecular flexibility index (Phi) is 3.99. The highest BCUT2D eigenvalue weighted by atomic mass is 16.2. The number of nitrogens with zero attached hydrogens (tertiary/aromatic N) is 3. The molecule has 1 N–H and O–H groups in total. The van der Waals surface area contributed by atoms with Gasteiger partial charge >= 0.3 is 5.69 Å². The second kappa shape index (κ2) is 5.49. The highest BCUT2D eigenvalue weighted by Gasteiger charge is 2.15. The van der Waals surface area contributed by atoms with E-state index in [9.17, 15) is 4.79 Å². The molecule has 96 valence electrons. The Morgan fingerprint density at radius 3 is 2.94 bits per heavy atom. The van der Waals surface area contributed by atoms with Crippen molar-refractivity contribution in [2.24, 2.45) is 5.92 Å². The van der Waals surface area contributed by atoms with E-state index >= 15 is 0 Å². The average molecular weight is 238 g/mol. The van der Waals surface area contributed by atoms with Crippen LogP contribution in [0.1, 0.15) is 32.5 Å². The van der Waals surface area contributed by atoms with E-state index in [1.54, 1.807) is 4.68 Å². The van der Waals surface area contributed by atoms with Gasteiger partial charge in [-0.1, -0.05) is 13.8 Å². The van der Waals surface area contributed by atoms with E-state index in [1.165, 1.54) is 0 Å². The number of aryl methyl sites for hydroxylation is 1. The summed E-state index contributed by atoms with van der Waals surface area (Å²) in [5.74, 6) is 1.60. The number of hydrogen-bond donors (Lipinski definition) is 1. The van der Waals surface area contributed by atoms with Crippen molar-refractivity contribution in [3.8, 4) is 0 Å². The molecule has 0 atom stereocenters. The molecule has 17 heavy (non-hydrogen) atoms. The Bertz CT molecular complexity index is 419. The third-order valence-electron chi connectivity index (χ3n) is 3.08. The van der Waals surface area contributed by atoms with Crippen LogP contribution in [0.5, 0.6) is 0 Å². The zero-order chi connectivity index (χ0) is 12.3. The Labute approximate surface area is 102 Å². The number of nitrogens with one attached hydrogen (secondary N) is 1. The molecule has 0 bridgehead atoms. The second-order valence-electron chi connectivity index (χ2n) is 5.13. The van der Waals surface area contributed by atoms with Crippen LogP contribution in [0, 0.1) is 5.92 Å². The Balaban J connectivity index is 1.93. The molecule has 1 aliphatic rings. The van der Waals surface area contributed by atoms with Gasteiger partial charge in [0.05, 0.1) is 6.54 Å². The molecule has 5 nitrogen and oxygen atoms in total. The summed E-state index contributed by atoms with van der Waals surface area (Å²) in [5, 5.41) is 7.73. The third kappa shape index (κ3) is 2.97. The van der Waals surface area contributed by atoms with Crippen LogP contribution in [-0.2, 0) is 19.5 Å². The molecule has 0 saturated carbocycles. The van der Waals surface area contributed by atoms with E-state index in [-0.39, 0.29) is 5.69 Å². The van der Waals surface area contributed by atoms with Crippen molar-refractivity contribution in [3.05, 3.63) is 16.3 Å². The minimum Gasteiger partial charge on any atom is -0.315 e. The summed E-state index contributed by atoms with van der Waals surface area (Å²) in [6.07, 6.45) is 3.20. The van der Waals surface area contributed by atoms with Gasteiger partial charge in [0.25, 0.3) is 0 Å². The van der Waals surface area contributed by atoms with E-state index in [2.05, 4.69) is 24.3 Å². The van der Waals surface area contributed by atoms with Crippen LogP contribution >= 0.6 is 0 Å². The molecule has 5 heteroatoms. The van der Waals surface area contributed by atoms with Crippen LogP contribution in [0.2, 0.25) is 0 Å². The summed E-state index contributed by atoms with van der Waals surface area (Å²) in [7, 11) is 0. The van der Waals surface area contributed by atoms with Crippen molar-refractivity contribution >= 4 is 0 Å². The highest BCUT2D eigenvalue weighted by molar-refractivity contribution is 4.91. The summed E-state index contributed by atoms with van der Waals surface area (Å²) in [6.45, 7) is 7.67. The van der Waals surface area contributed by atoms with Crippen molar-refractivity contribution < 1.29 is 0 Å². The van der Waals surface area contributed by atoms with Gasteiger partial charge in [0.15, 0.2) is 0 Å². The SMILES string of the molecule is CC(C)CNCCn1nc2n(c1=O)CCCC2. The lowest BCUT2D eigenvalue weighted by Crippen LogP contribution is -2.31. The lowest BCUT2D eigenvalue weighted by Gasteiger charge is -2.09. The maximum Gasteiger partial charge on any atom is 0.345 e. The molecule has 1 aromatic heterocycles. The first-order valence-electron chi connectivity index (χ1n) is 6.55. The second-order valence-corrected chi connectivity index (χ2v) is 5.13. The molecule has 2 heterocycles. The number of aromatic nitrogens is 3. The van der Waals surface area contributed by atoms with Crippen LogP contribution < -0.4 is 11.0 Å².